The topological polar surface area (TPSA) is 66.4 Å². The zero-order chi connectivity index (χ0) is 22.5. The van der Waals surface area contributed by atoms with Crippen LogP contribution in [-0.2, 0) is 9.59 Å². The van der Waals surface area contributed by atoms with Crippen molar-refractivity contribution in [2.45, 2.75) is 84.6 Å². The summed E-state index contributed by atoms with van der Waals surface area (Å²) >= 11 is 0. The first-order valence-electron chi connectivity index (χ1n) is 11.4. The summed E-state index contributed by atoms with van der Waals surface area (Å²) in [6, 6.07) is -0.861. The molecule has 0 aromatic carbocycles. The van der Waals surface area contributed by atoms with Crippen molar-refractivity contribution in [2.24, 2.45) is 5.92 Å². The van der Waals surface area contributed by atoms with E-state index in [0.29, 0.717) is 6.42 Å². The lowest BCUT2D eigenvalue weighted by molar-refractivity contribution is -0.142. The van der Waals surface area contributed by atoms with Crippen LogP contribution in [0.15, 0.2) is 60.8 Å². The smallest absolute Gasteiger partial charge is 0.326 e. The first-order chi connectivity index (χ1) is 14.5. The molecule has 0 heterocycles. The molecule has 0 aliphatic rings. The van der Waals surface area contributed by atoms with Crippen LogP contribution >= 0.6 is 0 Å². The number of allylic oxidation sites excluding steroid dienone is 9. The summed E-state index contributed by atoms with van der Waals surface area (Å²) in [7, 11) is 0. The predicted octanol–water partition coefficient (Wildman–Crippen LogP) is 6.52. The third kappa shape index (κ3) is 16.6. The van der Waals surface area contributed by atoms with Crippen LogP contribution in [0, 0.1) is 5.92 Å². The number of unbranched alkanes of at least 4 members (excludes halogenated alkanes) is 7. The van der Waals surface area contributed by atoms with E-state index < -0.39 is 17.9 Å². The molecule has 1 amide bonds. The summed E-state index contributed by atoms with van der Waals surface area (Å²) in [5, 5.41) is 11.7. The standard InChI is InChI=1S/C26H41NO3/c1-4-6-7-8-9-10-11-12-13-14-15-16-17-18-19-20-21-22-24(28)27-25(26(29)30)23(3)5-2/h13-23,25H,4-12H2,1-3H3,(H,27,28)(H,29,30)/t23-,25-/m0/s1. The zero-order valence-electron chi connectivity index (χ0n) is 19.1. The zero-order valence-corrected chi connectivity index (χ0v) is 19.1. The number of carbonyl (C=O) groups is 2. The quantitative estimate of drug-likeness (QED) is 0.161. The number of hydrogen-bond donors (Lipinski definition) is 2. The Kier molecular flexibility index (Phi) is 18.4. The van der Waals surface area contributed by atoms with Crippen molar-refractivity contribution in [3.8, 4) is 0 Å². The normalized spacial score (nSPS) is 14.5. The molecule has 0 spiro atoms. The van der Waals surface area contributed by atoms with Crippen molar-refractivity contribution >= 4 is 11.9 Å². The molecule has 0 saturated carbocycles. The van der Waals surface area contributed by atoms with Crippen LogP contribution in [0.5, 0.6) is 0 Å². The molecule has 4 heteroatoms. The van der Waals surface area contributed by atoms with Crippen LogP contribution < -0.4 is 5.32 Å². The Morgan fingerprint density at radius 3 is 1.90 bits per heavy atom. The van der Waals surface area contributed by atoms with Gasteiger partial charge in [-0.3, -0.25) is 4.79 Å². The molecule has 2 N–H and O–H groups in total. The number of carboxylic acid groups (broad SMARTS) is 1. The molecule has 0 aromatic rings. The molecular weight excluding hydrogens is 374 g/mol. The maximum Gasteiger partial charge on any atom is 0.326 e. The minimum atomic E-state index is -1.01. The number of carboxylic acids is 1. The fourth-order valence-corrected chi connectivity index (χ4v) is 2.81. The van der Waals surface area contributed by atoms with Crippen molar-refractivity contribution in [1.29, 1.82) is 0 Å². The van der Waals surface area contributed by atoms with Gasteiger partial charge < -0.3 is 10.4 Å². The van der Waals surface area contributed by atoms with E-state index >= 15 is 0 Å². The minimum absolute atomic E-state index is 0.116. The van der Waals surface area contributed by atoms with Gasteiger partial charge in [-0.1, -0.05) is 120 Å². The average Bonchev–Trinajstić information content (AvgIpc) is 2.73. The number of hydrogen-bond acceptors (Lipinski definition) is 2. The Labute approximate surface area is 183 Å². The molecule has 0 fully saturated rings. The van der Waals surface area contributed by atoms with Gasteiger partial charge in [-0.15, -0.1) is 0 Å². The van der Waals surface area contributed by atoms with Gasteiger partial charge in [0, 0.05) is 6.08 Å². The SMILES string of the molecule is CCCCCCCCCC=CC=CC=CC=CC=CC(=O)N[C@H](C(=O)O)[C@@H](C)CC. The highest BCUT2D eigenvalue weighted by Crippen LogP contribution is 2.09. The second kappa shape index (κ2) is 19.9. The van der Waals surface area contributed by atoms with Crippen LogP contribution in [0.25, 0.3) is 0 Å². The van der Waals surface area contributed by atoms with E-state index in [0.717, 1.165) is 6.42 Å². The third-order valence-corrected chi connectivity index (χ3v) is 4.91. The maximum atomic E-state index is 11.8. The molecule has 2 atom stereocenters. The highest BCUT2D eigenvalue weighted by Gasteiger charge is 2.24. The Hall–Kier alpha value is -2.36. The molecule has 0 aliphatic carbocycles. The number of amides is 1. The monoisotopic (exact) mass is 415 g/mol. The van der Waals surface area contributed by atoms with E-state index in [-0.39, 0.29) is 5.92 Å². The van der Waals surface area contributed by atoms with Crippen molar-refractivity contribution in [3.63, 3.8) is 0 Å². The van der Waals surface area contributed by atoms with Crippen molar-refractivity contribution in [1.82, 2.24) is 5.32 Å². The molecular formula is C26H41NO3. The van der Waals surface area contributed by atoms with Crippen LogP contribution in [0.4, 0.5) is 0 Å². The van der Waals surface area contributed by atoms with Gasteiger partial charge in [0.2, 0.25) is 5.91 Å². The fraction of sp³-hybridized carbons (Fsp3) is 0.538. The van der Waals surface area contributed by atoms with E-state index in [4.69, 9.17) is 0 Å². The number of aliphatic carboxylic acids is 1. The number of carbonyl (C=O) groups excluding carboxylic acids is 1. The summed E-state index contributed by atoms with van der Waals surface area (Å²) in [5.74, 6) is -1.52. The highest BCUT2D eigenvalue weighted by atomic mass is 16.4. The summed E-state index contributed by atoms with van der Waals surface area (Å²) < 4.78 is 0. The average molecular weight is 416 g/mol. The maximum absolute atomic E-state index is 11.8. The Bertz CT molecular complexity index is 599. The van der Waals surface area contributed by atoms with Gasteiger partial charge in [0.1, 0.15) is 6.04 Å². The fourth-order valence-electron chi connectivity index (χ4n) is 2.81. The van der Waals surface area contributed by atoms with Crippen molar-refractivity contribution in [2.75, 3.05) is 0 Å². The molecule has 0 saturated heterocycles. The van der Waals surface area contributed by atoms with Crippen LogP contribution in [0.2, 0.25) is 0 Å². The Balaban J connectivity index is 3.96. The summed E-state index contributed by atoms with van der Waals surface area (Å²) in [6.45, 7) is 5.96. The molecule has 0 unspecified atom stereocenters. The molecule has 0 aromatic heterocycles. The largest absolute Gasteiger partial charge is 0.480 e. The van der Waals surface area contributed by atoms with Gasteiger partial charge >= 0.3 is 5.97 Å². The van der Waals surface area contributed by atoms with E-state index in [1.807, 2.05) is 44.2 Å². The van der Waals surface area contributed by atoms with Crippen molar-refractivity contribution < 1.29 is 14.7 Å². The highest BCUT2D eigenvalue weighted by molar-refractivity contribution is 5.91. The second-order valence-electron chi connectivity index (χ2n) is 7.56. The van der Waals surface area contributed by atoms with Crippen LogP contribution in [0.3, 0.4) is 0 Å². The van der Waals surface area contributed by atoms with Gasteiger partial charge in [-0.05, 0) is 18.8 Å². The molecule has 0 bridgehead atoms. The third-order valence-electron chi connectivity index (χ3n) is 4.91. The van der Waals surface area contributed by atoms with E-state index in [2.05, 4.69) is 24.4 Å². The summed E-state index contributed by atoms with van der Waals surface area (Å²) in [4.78, 5) is 23.0. The van der Waals surface area contributed by atoms with Crippen LogP contribution in [-0.4, -0.2) is 23.0 Å². The lowest BCUT2D eigenvalue weighted by atomic mass is 9.99. The van der Waals surface area contributed by atoms with Gasteiger partial charge in [0.25, 0.3) is 0 Å². The van der Waals surface area contributed by atoms with Gasteiger partial charge in [0.15, 0.2) is 0 Å². The van der Waals surface area contributed by atoms with Gasteiger partial charge in [-0.2, -0.15) is 0 Å². The van der Waals surface area contributed by atoms with E-state index in [1.54, 1.807) is 12.2 Å². The number of nitrogens with one attached hydrogen (secondary N) is 1. The molecule has 168 valence electrons. The number of rotatable bonds is 17. The van der Waals surface area contributed by atoms with Crippen LogP contribution in [0.1, 0.15) is 78.6 Å². The predicted molar refractivity (Wildman–Crippen MR) is 127 cm³/mol. The first-order valence-corrected chi connectivity index (χ1v) is 11.4. The van der Waals surface area contributed by atoms with Crippen molar-refractivity contribution in [3.05, 3.63) is 60.8 Å². The lowest BCUT2D eigenvalue weighted by Gasteiger charge is -2.19. The first kappa shape index (κ1) is 27.6. The van der Waals surface area contributed by atoms with Gasteiger partial charge in [-0.25, -0.2) is 4.79 Å². The Morgan fingerprint density at radius 2 is 1.33 bits per heavy atom. The summed E-state index contributed by atoms with van der Waals surface area (Å²) in [6.07, 6.45) is 29.7. The van der Waals surface area contributed by atoms with Gasteiger partial charge in [0.05, 0.1) is 0 Å². The minimum Gasteiger partial charge on any atom is -0.480 e. The van der Waals surface area contributed by atoms with E-state index in [1.165, 1.54) is 51.0 Å². The molecule has 0 rings (SSSR count). The molecule has 30 heavy (non-hydrogen) atoms. The van der Waals surface area contributed by atoms with E-state index in [9.17, 15) is 14.7 Å². The molecule has 0 radical (unpaired) electrons. The second-order valence-corrected chi connectivity index (χ2v) is 7.56. The summed E-state index contributed by atoms with van der Waals surface area (Å²) in [5.41, 5.74) is 0. The molecule has 0 aliphatic heterocycles. The molecule has 4 nitrogen and oxygen atoms in total. The Morgan fingerprint density at radius 1 is 0.800 bits per heavy atom. The lowest BCUT2D eigenvalue weighted by Crippen LogP contribution is -2.44.